The molecule has 4 rings (SSSR count). The Morgan fingerprint density at radius 2 is 1.85 bits per heavy atom. The first-order valence-corrected chi connectivity index (χ1v) is 10.6. The molecule has 1 fully saturated rings. The van der Waals surface area contributed by atoms with Crippen LogP contribution in [0.2, 0.25) is 0 Å². The van der Waals surface area contributed by atoms with Crippen LogP contribution in [0.5, 0.6) is 5.75 Å². The van der Waals surface area contributed by atoms with Crippen molar-refractivity contribution in [3.05, 3.63) is 66.1 Å². The van der Waals surface area contributed by atoms with Gasteiger partial charge in [0, 0.05) is 48.0 Å². The van der Waals surface area contributed by atoms with E-state index in [9.17, 15) is 18.0 Å². The second-order valence-corrected chi connectivity index (χ2v) is 7.99. The Kier molecular flexibility index (Phi) is 6.22. The summed E-state index contributed by atoms with van der Waals surface area (Å²) >= 11 is 0. The molecule has 2 aromatic heterocycles. The summed E-state index contributed by atoms with van der Waals surface area (Å²) in [5.74, 6) is 0.647. The first-order valence-electron chi connectivity index (χ1n) is 10.6. The van der Waals surface area contributed by atoms with E-state index in [0.29, 0.717) is 17.2 Å². The number of carbonyl (C=O) groups is 1. The van der Waals surface area contributed by atoms with Gasteiger partial charge in [-0.2, -0.15) is 0 Å². The standard InChI is InChI=1S/C24H23F3N4O2/c1-3-16-13-31(14-16)22-21(17-5-4-15(2)28-11-17)10-18(12-29-22)23(32)30-19-6-8-20(9-7-19)33-24(25,26)27/h4-12,16H,3,13-14H2,1-2H3,(H,30,32). The van der Waals surface area contributed by atoms with Crippen LogP contribution in [0.4, 0.5) is 24.7 Å². The van der Waals surface area contributed by atoms with Crippen molar-refractivity contribution in [1.29, 1.82) is 0 Å². The Hall–Kier alpha value is -3.62. The molecule has 0 aliphatic carbocycles. The highest BCUT2D eigenvalue weighted by molar-refractivity contribution is 6.05. The summed E-state index contributed by atoms with van der Waals surface area (Å²) in [5.41, 5.74) is 3.21. The lowest BCUT2D eigenvalue weighted by Crippen LogP contribution is -2.47. The number of nitrogens with one attached hydrogen (secondary N) is 1. The van der Waals surface area contributed by atoms with Crippen LogP contribution in [-0.2, 0) is 0 Å². The van der Waals surface area contributed by atoms with Crippen LogP contribution < -0.4 is 15.0 Å². The molecule has 3 heterocycles. The summed E-state index contributed by atoms with van der Waals surface area (Å²) in [5, 5.41) is 2.68. The van der Waals surface area contributed by atoms with Gasteiger partial charge in [0.25, 0.3) is 5.91 Å². The molecule has 0 saturated carbocycles. The molecule has 0 spiro atoms. The summed E-state index contributed by atoms with van der Waals surface area (Å²) in [6, 6.07) is 10.6. The lowest BCUT2D eigenvalue weighted by atomic mass is 9.95. The first-order chi connectivity index (χ1) is 15.7. The molecule has 1 aromatic carbocycles. The molecule has 1 amide bonds. The monoisotopic (exact) mass is 456 g/mol. The Bertz CT molecular complexity index is 1130. The number of pyridine rings is 2. The van der Waals surface area contributed by atoms with Crippen molar-refractivity contribution < 1.29 is 22.7 Å². The topological polar surface area (TPSA) is 67.4 Å². The Morgan fingerprint density at radius 1 is 1.12 bits per heavy atom. The molecule has 0 atom stereocenters. The maximum absolute atomic E-state index is 12.8. The van der Waals surface area contributed by atoms with Crippen LogP contribution in [0, 0.1) is 12.8 Å². The third-order valence-corrected chi connectivity index (χ3v) is 5.53. The number of alkyl halides is 3. The van der Waals surface area contributed by atoms with Crippen molar-refractivity contribution in [2.75, 3.05) is 23.3 Å². The maximum atomic E-state index is 12.8. The lowest BCUT2D eigenvalue weighted by molar-refractivity contribution is -0.274. The van der Waals surface area contributed by atoms with E-state index in [-0.39, 0.29) is 5.75 Å². The van der Waals surface area contributed by atoms with Gasteiger partial charge in [-0.25, -0.2) is 4.98 Å². The van der Waals surface area contributed by atoms with E-state index in [4.69, 9.17) is 0 Å². The molecule has 33 heavy (non-hydrogen) atoms. The minimum absolute atomic E-state index is 0.331. The number of halogens is 3. The van der Waals surface area contributed by atoms with Crippen LogP contribution in [-0.4, -0.2) is 35.3 Å². The molecule has 0 radical (unpaired) electrons. The predicted octanol–water partition coefficient (Wildman–Crippen LogP) is 5.45. The van der Waals surface area contributed by atoms with Gasteiger partial charge in [0.05, 0.1) is 5.56 Å². The number of amides is 1. The predicted molar refractivity (Wildman–Crippen MR) is 119 cm³/mol. The molecular formula is C24H23F3N4O2. The number of benzene rings is 1. The van der Waals surface area contributed by atoms with Gasteiger partial charge in [0.15, 0.2) is 0 Å². The number of ether oxygens (including phenoxy) is 1. The minimum Gasteiger partial charge on any atom is -0.406 e. The Morgan fingerprint density at radius 3 is 2.45 bits per heavy atom. The van der Waals surface area contributed by atoms with Crippen molar-refractivity contribution in [3.63, 3.8) is 0 Å². The van der Waals surface area contributed by atoms with Crippen LogP contribution >= 0.6 is 0 Å². The van der Waals surface area contributed by atoms with Gasteiger partial charge in [-0.3, -0.25) is 9.78 Å². The number of carbonyl (C=O) groups excluding carboxylic acids is 1. The molecule has 1 aliphatic rings. The molecule has 3 aromatic rings. The van der Waals surface area contributed by atoms with Crippen LogP contribution in [0.25, 0.3) is 11.1 Å². The van der Waals surface area contributed by atoms with Crippen LogP contribution in [0.1, 0.15) is 29.4 Å². The highest BCUT2D eigenvalue weighted by Crippen LogP contribution is 2.34. The normalized spacial score (nSPS) is 14.0. The fourth-order valence-electron chi connectivity index (χ4n) is 3.62. The number of hydrogen-bond acceptors (Lipinski definition) is 5. The SMILES string of the molecule is CCC1CN(c2ncc(C(=O)Nc3ccc(OC(F)(F)F)cc3)cc2-c2ccc(C)nc2)C1. The van der Waals surface area contributed by atoms with E-state index in [1.54, 1.807) is 12.3 Å². The number of anilines is 2. The van der Waals surface area contributed by atoms with E-state index in [1.807, 2.05) is 19.1 Å². The number of aryl methyl sites for hydroxylation is 1. The average molecular weight is 456 g/mol. The maximum Gasteiger partial charge on any atom is 0.573 e. The molecule has 6 nitrogen and oxygen atoms in total. The van der Waals surface area contributed by atoms with E-state index in [0.717, 1.165) is 54.3 Å². The quantitative estimate of drug-likeness (QED) is 0.534. The van der Waals surface area contributed by atoms with Crippen LogP contribution in [0.3, 0.4) is 0 Å². The molecule has 0 bridgehead atoms. The third-order valence-electron chi connectivity index (χ3n) is 5.53. The molecule has 1 saturated heterocycles. The lowest BCUT2D eigenvalue weighted by Gasteiger charge is -2.40. The van der Waals surface area contributed by atoms with Gasteiger partial charge in [-0.1, -0.05) is 13.0 Å². The van der Waals surface area contributed by atoms with Gasteiger partial charge in [0.1, 0.15) is 11.6 Å². The second kappa shape index (κ2) is 9.09. The van der Waals surface area contributed by atoms with Crippen molar-refractivity contribution in [1.82, 2.24) is 9.97 Å². The van der Waals surface area contributed by atoms with Crippen LogP contribution in [0.15, 0.2) is 54.9 Å². The molecule has 9 heteroatoms. The summed E-state index contributed by atoms with van der Waals surface area (Å²) in [6.45, 7) is 5.88. The van der Waals surface area contributed by atoms with Gasteiger partial charge < -0.3 is 15.0 Å². The number of nitrogens with zero attached hydrogens (tertiary/aromatic N) is 3. The fraction of sp³-hybridized carbons (Fsp3) is 0.292. The smallest absolute Gasteiger partial charge is 0.406 e. The zero-order valence-electron chi connectivity index (χ0n) is 18.2. The molecule has 0 unspecified atom stereocenters. The molecule has 1 aliphatic heterocycles. The summed E-state index contributed by atoms with van der Waals surface area (Å²) in [6.07, 6.45) is -0.400. The minimum atomic E-state index is -4.77. The van der Waals surface area contributed by atoms with Crippen molar-refractivity contribution >= 4 is 17.4 Å². The van der Waals surface area contributed by atoms with Crippen molar-refractivity contribution in [2.24, 2.45) is 5.92 Å². The van der Waals surface area contributed by atoms with Gasteiger partial charge >= 0.3 is 6.36 Å². The van der Waals surface area contributed by atoms with Gasteiger partial charge in [-0.05, 0) is 55.7 Å². The van der Waals surface area contributed by atoms with Gasteiger partial charge in [0.2, 0.25) is 0 Å². The zero-order chi connectivity index (χ0) is 23.6. The van der Waals surface area contributed by atoms with E-state index >= 15 is 0 Å². The third kappa shape index (κ3) is 5.42. The van der Waals surface area contributed by atoms with E-state index < -0.39 is 12.3 Å². The van der Waals surface area contributed by atoms with E-state index in [2.05, 4.69) is 31.8 Å². The van der Waals surface area contributed by atoms with E-state index in [1.165, 1.54) is 18.3 Å². The van der Waals surface area contributed by atoms with Crippen molar-refractivity contribution in [2.45, 2.75) is 26.6 Å². The second-order valence-electron chi connectivity index (χ2n) is 7.99. The van der Waals surface area contributed by atoms with Gasteiger partial charge in [-0.15, -0.1) is 13.2 Å². The fourth-order valence-corrected chi connectivity index (χ4v) is 3.62. The Balaban J connectivity index is 1.56. The molecular weight excluding hydrogens is 433 g/mol. The highest BCUT2D eigenvalue weighted by atomic mass is 19.4. The number of aromatic nitrogens is 2. The summed E-state index contributed by atoms with van der Waals surface area (Å²) in [7, 11) is 0. The summed E-state index contributed by atoms with van der Waals surface area (Å²) in [4.78, 5) is 24.0. The average Bonchev–Trinajstić information content (AvgIpc) is 2.74. The molecule has 1 N–H and O–H groups in total. The number of rotatable bonds is 6. The zero-order valence-corrected chi connectivity index (χ0v) is 18.2. The highest BCUT2D eigenvalue weighted by Gasteiger charge is 2.31. The summed E-state index contributed by atoms with van der Waals surface area (Å²) < 4.78 is 40.8. The first kappa shape index (κ1) is 22.6. The number of hydrogen-bond donors (Lipinski definition) is 1. The Labute approximate surface area is 189 Å². The van der Waals surface area contributed by atoms with Crippen molar-refractivity contribution in [3.8, 4) is 16.9 Å². The largest absolute Gasteiger partial charge is 0.573 e. The molecule has 172 valence electrons.